The van der Waals surface area contributed by atoms with Crippen LogP contribution in [-0.2, 0) is 19.3 Å². The molecule has 0 spiro atoms. The van der Waals surface area contributed by atoms with Crippen LogP contribution in [0.25, 0.3) is 0 Å². The third-order valence-electron chi connectivity index (χ3n) is 5.49. The van der Waals surface area contributed by atoms with Crippen LogP contribution in [0.4, 0.5) is 22.0 Å². The molecule has 28 heavy (non-hydrogen) atoms. The molecule has 0 aliphatic heterocycles. The lowest BCUT2D eigenvalue weighted by molar-refractivity contribution is 0.314. The maximum Gasteiger partial charge on any atom is 0.232 e. The number of hydrogen-bond acceptors (Lipinski definition) is 5. The number of aryl methyl sites for hydroxylation is 1. The fourth-order valence-corrected chi connectivity index (χ4v) is 3.91. The molecule has 5 nitrogen and oxygen atoms in total. The van der Waals surface area contributed by atoms with Gasteiger partial charge in [0.1, 0.15) is 11.6 Å². The Morgan fingerprint density at radius 2 is 1.82 bits per heavy atom. The number of hydrogen-bond donors (Lipinski definition) is 2. The van der Waals surface area contributed by atoms with Crippen molar-refractivity contribution < 1.29 is 4.39 Å². The van der Waals surface area contributed by atoms with E-state index in [9.17, 15) is 4.39 Å². The maximum absolute atomic E-state index is 13.1. The summed E-state index contributed by atoms with van der Waals surface area (Å²) < 4.78 is 13.1. The van der Waals surface area contributed by atoms with Gasteiger partial charge in [0.25, 0.3) is 0 Å². The highest BCUT2D eigenvalue weighted by molar-refractivity contribution is 5.53. The standard InChI is InChI=1S/C22H24FN5/c1-14(16-7-6-15-4-2-3-5-17(15)13-16)12-20-26-21(24)28-22(27-20)25-19-10-8-18(23)9-11-19/h2-5,8-11,14,16H,6-7,12-13H2,1H3,(H3,24,25,26,27,28). The number of halogens is 1. The summed E-state index contributed by atoms with van der Waals surface area (Å²) >= 11 is 0. The normalized spacial score (nSPS) is 17.0. The average Bonchev–Trinajstić information content (AvgIpc) is 2.69. The average molecular weight is 377 g/mol. The lowest BCUT2D eigenvalue weighted by Gasteiger charge is -2.29. The van der Waals surface area contributed by atoms with Crippen LogP contribution in [0.2, 0.25) is 0 Å². The van der Waals surface area contributed by atoms with Gasteiger partial charge in [0, 0.05) is 12.1 Å². The second-order valence-corrected chi connectivity index (χ2v) is 7.52. The lowest BCUT2D eigenvalue weighted by Crippen LogP contribution is -2.23. The second kappa shape index (κ2) is 7.92. The van der Waals surface area contributed by atoms with Crippen molar-refractivity contribution in [3.8, 4) is 0 Å². The minimum absolute atomic E-state index is 0.191. The van der Waals surface area contributed by atoms with Crippen molar-refractivity contribution in [1.82, 2.24) is 15.0 Å². The van der Waals surface area contributed by atoms with Gasteiger partial charge in [-0.1, -0.05) is 31.2 Å². The Morgan fingerprint density at radius 1 is 1.07 bits per heavy atom. The van der Waals surface area contributed by atoms with Gasteiger partial charge in [0.15, 0.2) is 0 Å². The highest BCUT2D eigenvalue weighted by Crippen LogP contribution is 2.31. The topological polar surface area (TPSA) is 76.7 Å². The molecule has 3 aromatic rings. The van der Waals surface area contributed by atoms with Crippen LogP contribution in [0.1, 0.15) is 30.3 Å². The molecule has 2 unspecified atom stereocenters. The summed E-state index contributed by atoms with van der Waals surface area (Å²) in [6.45, 7) is 2.26. The Kier molecular flexibility index (Phi) is 5.19. The van der Waals surface area contributed by atoms with Crippen molar-refractivity contribution in [2.45, 2.75) is 32.6 Å². The largest absolute Gasteiger partial charge is 0.368 e. The minimum Gasteiger partial charge on any atom is -0.368 e. The highest BCUT2D eigenvalue weighted by Gasteiger charge is 2.24. The molecule has 2 aromatic carbocycles. The molecule has 4 rings (SSSR count). The number of nitrogens with two attached hydrogens (primary N) is 1. The molecule has 0 saturated carbocycles. The van der Waals surface area contributed by atoms with Crippen LogP contribution >= 0.6 is 0 Å². The van der Waals surface area contributed by atoms with Crippen molar-refractivity contribution in [1.29, 1.82) is 0 Å². The van der Waals surface area contributed by atoms with Crippen LogP contribution in [0.15, 0.2) is 48.5 Å². The summed E-state index contributed by atoms with van der Waals surface area (Å²) in [5.74, 6) is 2.01. The van der Waals surface area contributed by atoms with Crippen molar-refractivity contribution >= 4 is 17.6 Å². The fraction of sp³-hybridized carbons (Fsp3) is 0.318. The minimum atomic E-state index is -0.288. The number of rotatable bonds is 5. The van der Waals surface area contributed by atoms with Crippen LogP contribution in [-0.4, -0.2) is 15.0 Å². The van der Waals surface area contributed by atoms with E-state index < -0.39 is 0 Å². The molecule has 2 atom stereocenters. The van der Waals surface area contributed by atoms with Crippen molar-refractivity contribution in [3.63, 3.8) is 0 Å². The van der Waals surface area contributed by atoms with Gasteiger partial charge in [0.05, 0.1) is 0 Å². The number of nitrogen functional groups attached to an aromatic ring is 1. The van der Waals surface area contributed by atoms with Gasteiger partial charge >= 0.3 is 0 Å². The van der Waals surface area contributed by atoms with E-state index >= 15 is 0 Å². The summed E-state index contributed by atoms with van der Waals surface area (Å²) in [5.41, 5.74) is 9.53. The Labute approximate surface area is 164 Å². The Hall–Kier alpha value is -3.02. The monoisotopic (exact) mass is 377 g/mol. The molecule has 0 fully saturated rings. The fourth-order valence-electron chi connectivity index (χ4n) is 3.91. The Balaban J connectivity index is 1.45. The Bertz CT molecular complexity index is 957. The maximum atomic E-state index is 13.1. The third kappa shape index (κ3) is 4.27. The zero-order valence-electron chi connectivity index (χ0n) is 15.9. The van der Waals surface area contributed by atoms with E-state index in [0.717, 1.165) is 19.3 Å². The van der Waals surface area contributed by atoms with Crippen LogP contribution in [0.3, 0.4) is 0 Å². The van der Waals surface area contributed by atoms with Gasteiger partial charge in [0.2, 0.25) is 11.9 Å². The predicted octanol–water partition coefficient (Wildman–Crippen LogP) is 4.32. The quantitative estimate of drug-likeness (QED) is 0.692. The number of nitrogens with one attached hydrogen (secondary N) is 1. The number of fused-ring (bicyclic) bond motifs is 1. The van der Waals surface area contributed by atoms with Crippen molar-refractivity contribution in [3.05, 3.63) is 71.3 Å². The van der Waals surface area contributed by atoms with Gasteiger partial charge in [-0.3, -0.25) is 0 Å². The van der Waals surface area contributed by atoms with Gasteiger partial charge in [-0.2, -0.15) is 15.0 Å². The molecule has 1 aliphatic carbocycles. The molecule has 1 aliphatic rings. The summed E-state index contributed by atoms with van der Waals surface area (Å²) in [7, 11) is 0. The first kappa shape index (κ1) is 18.3. The van der Waals surface area contributed by atoms with Crippen molar-refractivity contribution in [2.24, 2.45) is 11.8 Å². The number of benzene rings is 2. The summed E-state index contributed by atoms with van der Waals surface area (Å²) in [5, 5.41) is 3.07. The summed E-state index contributed by atoms with van der Waals surface area (Å²) in [6, 6.07) is 14.7. The molecule has 0 amide bonds. The molecule has 3 N–H and O–H groups in total. The summed E-state index contributed by atoms with van der Waals surface area (Å²) in [6.07, 6.45) is 4.15. The summed E-state index contributed by atoms with van der Waals surface area (Å²) in [4.78, 5) is 13.0. The SMILES string of the molecule is CC(Cc1nc(N)nc(Nc2ccc(F)cc2)n1)C1CCc2ccccc2C1. The molecule has 144 valence electrons. The number of anilines is 3. The molecule has 1 aromatic heterocycles. The lowest BCUT2D eigenvalue weighted by atomic mass is 9.76. The molecule has 0 radical (unpaired) electrons. The van der Waals surface area contributed by atoms with Gasteiger partial charge in [-0.25, -0.2) is 4.39 Å². The third-order valence-corrected chi connectivity index (χ3v) is 5.49. The molecule has 0 bridgehead atoms. The van der Waals surface area contributed by atoms with Gasteiger partial charge in [-0.15, -0.1) is 0 Å². The molecule has 6 heteroatoms. The first-order valence-electron chi connectivity index (χ1n) is 9.66. The number of nitrogens with zero attached hydrogens (tertiary/aromatic N) is 3. The molecule has 1 heterocycles. The van der Waals surface area contributed by atoms with Gasteiger partial charge in [-0.05, 0) is 66.5 Å². The van der Waals surface area contributed by atoms with Crippen molar-refractivity contribution in [2.75, 3.05) is 11.1 Å². The zero-order chi connectivity index (χ0) is 19.5. The second-order valence-electron chi connectivity index (χ2n) is 7.52. The van der Waals surface area contributed by atoms with Crippen LogP contribution < -0.4 is 11.1 Å². The zero-order valence-corrected chi connectivity index (χ0v) is 15.9. The van der Waals surface area contributed by atoms with Crippen LogP contribution in [0.5, 0.6) is 0 Å². The van der Waals surface area contributed by atoms with E-state index in [0.29, 0.717) is 29.3 Å². The molecular formula is C22H24FN5. The predicted molar refractivity (Wildman–Crippen MR) is 109 cm³/mol. The smallest absolute Gasteiger partial charge is 0.232 e. The first-order valence-corrected chi connectivity index (χ1v) is 9.66. The highest BCUT2D eigenvalue weighted by atomic mass is 19.1. The first-order chi connectivity index (χ1) is 13.6. The molecule has 0 saturated heterocycles. The molecular weight excluding hydrogens is 353 g/mol. The van der Waals surface area contributed by atoms with E-state index in [1.54, 1.807) is 12.1 Å². The number of aromatic nitrogens is 3. The van der Waals surface area contributed by atoms with E-state index in [1.807, 2.05) is 0 Å². The van der Waals surface area contributed by atoms with Gasteiger partial charge < -0.3 is 11.1 Å². The Morgan fingerprint density at radius 3 is 2.61 bits per heavy atom. The van der Waals surface area contributed by atoms with Crippen LogP contribution in [0, 0.1) is 17.7 Å². The van der Waals surface area contributed by atoms with E-state index in [2.05, 4.69) is 51.5 Å². The van der Waals surface area contributed by atoms with E-state index in [4.69, 9.17) is 5.73 Å². The van der Waals surface area contributed by atoms with E-state index in [-0.39, 0.29) is 11.8 Å². The van der Waals surface area contributed by atoms with E-state index in [1.165, 1.54) is 29.7 Å².